The summed E-state index contributed by atoms with van der Waals surface area (Å²) in [6.45, 7) is 4.24. The van der Waals surface area contributed by atoms with Gasteiger partial charge in [0.15, 0.2) is 0 Å². The molecular formula is C17H25N3O3. The van der Waals surface area contributed by atoms with Crippen LogP contribution in [0.3, 0.4) is 0 Å². The second kappa shape index (κ2) is 8.53. The van der Waals surface area contributed by atoms with Gasteiger partial charge in [-0.15, -0.1) is 0 Å². The van der Waals surface area contributed by atoms with E-state index in [4.69, 9.17) is 10.5 Å². The van der Waals surface area contributed by atoms with Gasteiger partial charge in [-0.2, -0.15) is 0 Å². The Kier molecular flexibility index (Phi) is 6.40. The highest BCUT2D eigenvalue weighted by Crippen LogP contribution is 2.17. The minimum absolute atomic E-state index is 0.105. The molecule has 6 heteroatoms. The fourth-order valence-electron chi connectivity index (χ4n) is 2.64. The lowest BCUT2D eigenvalue weighted by atomic mass is 10.2. The summed E-state index contributed by atoms with van der Waals surface area (Å²) in [5.74, 6) is 0.515. The SMILES string of the molecule is CCOc1ccccc1C(=O)NCCCC(=O)N1CC[C@@H](N)C1. The predicted octanol–water partition coefficient (Wildman–Crippen LogP) is 1.15. The first-order valence-electron chi connectivity index (χ1n) is 8.15. The number of carbonyl (C=O) groups excluding carboxylic acids is 2. The number of rotatable bonds is 7. The number of likely N-dealkylation sites (tertiary alicyclic amines) is 1. The van der Waals surface area contributed by atoms with Crippen molar-refractivity contribution in [2.45, 2.75) is 32.2 Å². The van der Waals surface area contributed by atoms with Gasteiger partial charge >= 0.3 is 0 Å². The van der Waals surface area contributed by atoms with Crippen molar-refractivity contribution in [2.75, 3.05) is 26.2 Å². The third-order valence-electron chi connectivity index (χ3n) is 3.86. The van der Waals surface area contributed by atoms with Crippen LogP contribution in [0, 0.1) is 0 Å². The molecule has 2 rings (SSSR count). The molecule has 1 heterocycles. The lowest BCUT2D eigenvalue weighted by molar-refractivity contribution is -0.130. The maximum atomic E-state index is 12.2. The zero-order chi connectivity index (χ0) is 16.7. The molecule has 0 aliphatic carbocycles. The summed E-state index contributed by atoms with van der Waals surface area (Å²) in [5.41, 5.74) is 6.32. The van der Waals surface area contributed by atoms with Crippen molar-refractivity contribution in [2.24, 2.45) is 5.73 Å². The molecule has 1 saturated heterocycles. The first kappa shape index (κ1) is 17.3. The monoisotopic (exact) mass is 319 g/mol. The Bertz CT molecular complexity index is 548. The van der Waals surface area contributed by atoms with E-state index in [2.05, 4.69) is 5.32 Å². The number of nitrogens with one attached hydrogen (secondary N) is 1. The molecule has 0 aromatic heterocycles. The summed E-state index contributed by atoms with van der Waals surface area (Å²) >= 11 is 0. The summed E-state index contributed by atoms with van der Waals surface area (Å²) in [6, 6.07) is 7.25. The van der Waals surface area contributed by atoms with Crippen molar-refractivity contribution in [3.63, 3.8) is 0 Å². The van der Waals surface area contributed by atoms with E-state index in [-0.39, 0.29) is 17.9 Å². The Morgan fingerprint density at radius 3 is 2.87 bits per heavy atom. The third-order valence-corrected chi connectivity index (χ3v) is 3.86. The van der Waals surface area contributed by atoms with E-state index in [0.29, 0.717) is 43.9 Å². The van der Waals surface area contributed by atoms with Crippen LogP contribution < -0.4 is 15.8 Å². The molecule has 3 N–H and O–H groups in total. The number of amides is 2. The summed E-state index contributed by atoms with van der Waals surface area (Å²) in [4.78, 5) is 26.0. The van der Waals surface area contributed by atoms with Gasteiger partial charge < -0.3 is 20.7 Å². The second-order valence-corrected chi connectivity index (χ2v) is 5.68. The fraction of sp³-hybridized carbons (Fsp3) is 0.529. The molecule has 0 bridgehead atoms. The standard InChI is InChI=1S/C17H25N3O3/c1-2-23-15-7-4-3-6-14(15)17(22)19-10-5-8-16(21)20-11-9-13(18)12-20/h3-4,6-7,13H,2,5,8-12,18H2,1H3,(H,19,22)/t13-/m1/s1. The number of nitrogens with two attached hydrogens (primary N) is 1. The quantitative estimate of drug-likeness (QED) is 0.739. The van der Waals surface area contributed by atoms with E-state index in [1.165, 1.54) is 0 Å². The predicted molar refractivity (Wildman–Crippen MR) is 88.4 cm³/mol. The molecule has 0 unspecified atom stereocenters. The van der Waals surface area contributed by atoms with Crippen LogP contribution in [0.4, 0.5) is 0 Å². The smallest absolute Gasteiger partial charge is 0.255 e. The largest absolute Gasteiger partial charge is 0.493 e. The summed E-state index contributed by atoms with van der Waals surface area (Å²) in [5, 5.41) is 2.84. The van der Waals surface area contributed by atoms with Gasteiger partial charge in [0.1, 0.15) is 5.75 Å². The molecule has 1 aromatic carbocycles. The zero-order valence-electron chi connectivity index (χ0n) is 13.6. The Morgan fingerprint density at radius 1 is 1.39 bits per heavy atom. The number of benzene rings is 1. The fourth-order valence-corrected chi connectivity index (χ4v) is 2.64. The molecule has 1 aliphatic rings. The van der Waals surface area contributed by atoms with Crippen LogP contribution in [0.15, 0.2) is 24.3 Å². The minimum Gasteiger partial charge on any atom is -0.493 e. The van der Waals surface area contributed by atoms with Gasteiger partial charge in [-0.05, 0) is 31.9 Å². The van der Waals surface area contributed by atoms with E-state index in [1.54, 1.807) is 23.1 Å². The van der Waals surface area contributed by atoms with E-state index < -0.39 is 0 Å². The van der Waals surface area contributed by atoms with Crippen molar-refractivity contribution < 1.29 is 14.3 Å². The van der Waals surface area contributed by atoms with E-state index >= 15 is 0 Å². The average molecular weight is 319 g/mol. The maximum Gasteiger partial charge on any atom is 0.255 e. The molecular weight excluding hydrogens is 294 g/mol. The highest BCUT2D eigenvalue weighted by molar-refractivity contribution is 5.96. The highest BCUT2D eigenvalue weighted by Gasteiger charge is 2.22. The Morgan fingerprint density at radius 2 is 2.17 bits per heavy atom. The van der Waals surface area contributed by atoms with Gasteiger partial charge in [0, 0.05) is 32.1 Å². The molecule has 126 valence electrons. The maximum absolute atomic E-state index is 12.2. The van der Waals surface area contributed by atoms with Crippen molar-refractivity contribution in [3.8, 4) is 5.75 Å². The van der Waals surface area contributed by atoms with E-state index in [1.807, 2.05) is 13.0 Å². The third kappa shape index (κ3) is 4.96. The summed E-state index contributed by atoms with van der Waals surface area (Å²) < 4.78 is 5.45. The van der Waals surface area contributed by atoms with Gasteiger partial charge in [-0.25, -0.2) is 0 Å². The topological polar surface area (TPSA) is 84.7 Å². The molecule has 23 heavy (non-hydrogen) atoms. The number of hydrogen-bond acceptors (Lipinski definition) is 4. The van der Waals surface area contributed by atoms with E-state index in [0.717, 1.165) is 13.0 Å². The average Bonchev–Trinajstić information content (AvgIpc) is 2.98. The summed E-state index contributed by atoms with van der Waals surface area (Å²) in [6.07, 6.45) is 1.92. The lowest BCUT2D eigenvalue weighted by Crippen LogP contribution is -2.32. The first-order valence-corrected chi connectivity index (χ1v) is 8.15. The van der Waals surface area contributed by atoms with Crippen molar-refractivity contribution in [1.82, 2.24) is 10.2 Å². The second-order valence-electron chi connectivity index (χ2n) is 5.68. The van der Waals surface area contributed by atoms with Gasteiger partial charge in [0.25, 0.3) is 5.91 Å². The molecule has 1 fully saturated rings. The normalized spacial score (nSPS) is 17.1. The van der Waals surface area contributed by atoms with Gasteiger partial charge in [0.05, 0.1) is 12.2 Å². The Hall–Kier alpha value is -2.08. The molecule has 1 aliphatic heterocycles. The van der Waals surface area contributed by atoms with Crippen molar-refractivity contribution >= 4 is 11.8 Å². The Labute approximate surface area is 137 Å². The highest BCUT2D eigenvalue weighted by atomic mass is 16.5. The number of hydrogen-bond donors (Lipinski definition) is 2. The molecule has 2 amide bonds. The minimum atomic E-state index is -0.176. The zero-order valence-corrected chi connectivity index (χ0v) is 13.6. The van der Waals surface area contributed by atoms with Gasteiger partial charge in [-0.3, -0.25) is 9.59 Å². The van der Waals surface area contributed by atoms with Crippen LogP contribution in [-0.2, 0) is 4.79 Å². The summed E-state index contributed by atoms with van der Waals surface area (Å²) in [7, 11) is 0. The molecule has 1 aromatic rings. The lowest BCUT2D eigenvalue weighted by Gasteiger charge is -2.15. The number of ether oxygens (including phenoxy) is 1. The molecule has 6 nitrogen and oxygen atoms in total. The Balaban J connectivity index is 1.74. The molecule has 0 spiro atoms. The van der Waals surface area contributed by atoms with Crippen LogP contribution in [0.25, 0.3) is 0 Å². The number of carbonyl (C=O) groups is 2. The van der Waals surface area contributed by atoms with Crippen molar-refractivity contribution in [3.05, 3.63) is 29.8 Å². The van der Waals surface area contributed by atoms with Crippen LogP contribution in [0.1, 0.15) is 36.5 Å². The van der Waals surface area contributed by atoms with Crippen molar-refractivity contribution in [1.29, 1.82) is 0 Å². The van der Waals surface area contributed by atoms with Gasteiger partial charge in [-0.1, -0.05) is 12.1 Å². The van der Waals surface area contributed by atoms with Crippen LogP contribution in [-0.4, -0.2) is 49.0 Å². The molecule has 1 atom stereocenters. The first-order chi connectivity index (χ1) is 11.1. The van der Waals surface area contributed by atoms with E-state index in [9.17, 15) is 9.59 Å². The van der Waals surface area contributed by atoms with Crippen LogP contribution >= 0.6 is 0 Å². The number of nitrogens with zero attached hydrogens (tertiary/aromatic N) is 1. The molecule has 0 saturated carbocycles. The number of para-hydroxylation sites is 1. The van der Waals surface area contributed by atoms with Gasteiger partial charge in [0.2, 0.25) is 5.91 Å². The van der Waals surface area contributed by atoms with Crippen LogP contribution in [0.5, 0.6) is 5.75 Å². The van der Waals surface area contributed by atoms with Crippen LogP contribution in [0.2, 0.25) is 0 Å². The molecule has 0 radical (unpaired) electrons.